The van der Waals surface area contributed by atoms with Crippen LogP contribution < -0.4 is 4.90 Å². The molecule has 0 atom stereocenters. The van der Waals surface area contributed by atoms with Gasteiger partial charge >= 0.3 is 12.1 Å². The Labute approximate surface area is 142 Å². The minimum Gasteiger partial charge on any atom is -0.464 e. The van der Waals surface area contributed by atoms with Crippen LogP contribution in [0.25, 0.3) is 0 Å². The number of rotatable bonds is 5. The van der Waals surface area contributed by atoms with Crippen molar-refractivity contribution < 1.29 is 22.7 Å². The number of carbonyl (C=O) groups excluding carboxylic acids is 1. The number of nitrogens with zero attached hydrogens (tertiary/aromatic N) is 3. The van der Waals surface area contributed by atoms with Crippen LogP contribution in [0.5, 0.6) is 0 Å². The van der Waals surface area contributed by atoms with Crippen molar-refractivity contribution in [2.45, 2.75) is 31.6 Å². The lowest BCUT2D eigenvalue weighted by Crippen LogP contribution is -2.26. The highest BCUT2D eigenvalue weighted by Gasteiger charge is 2.32. The Morgan fingerprint density at radius 1 is 1.20 bits per heavy atom. The first-order valence-corrected chi connectivity index (χ1v) is 7.71. The molecule has 0 saturated heterocycles. The van der Waals surface area contributed by atoms with Crippen LogP contribution in [0.4, 0.5) is 19.0 Å². The van der Waals surface area contributed by atoms with Gasteiger partial charge in [0, 0.05) is 12.6 Å². The van der Waals surface area contributed by atoms with Crippen molar-refractivity contribution in [1.29, 1.82) is 0 Å². The predicted octanol–water partition coefficient (Wildman–Crippen LogP) is 3.45. The van der Waals surface area contributed by atoms with Crippen molar-refractivity contribution in [3.8, 4) is 0 Å². The molecule has 1 heterocycles. The quantitative estimate of drug-likeness (QED) is 0.773. The largest absolute Gasteiger partial charge is 0.464 e. The zero-order valence-electron chi connectivity index (χ0n) is 13.5. The Morgan fingerprint density at radius 3 is 2.36 bits per heavy atom. The first-order valence-electron chi connectivity index (χ1n) is 7.71. The molecule has 0 amide bonds. The van der Waals surface area contributed by atoms with E-state index >= 15 is 0 Å². The third-order valence-corrected chi connectivity index (χ3v) is 3.95. The summed E-state index contributed by atoms with van der Waals surface area (Å²) in [7, 11) is 1.26. The number of aromatic nitrogens is 2. The van der Waals surface area contributed by atoms with E-state index in [2.05, 4.69) is 14.7 Å². The van der Waals surface area contributed by atoms with E-state index in [0.717, 1.165) is 30.5 Å². The van der Waals surface area contributed by atoms with Gasteiger partial charge in [0.1, 0.15) is 5.82 Å². The fourth-order valence-electron chi connectivity index (χ4n) is 2.46. The second-order valence-electron chi connectivity index (χ2n) is 5.81. The summed E-state index contributed by atoms with van der Waals surface area (Å²) in [6, 6.07) is 5.36. The third-order valence-electron chi connectivity index (χ3n) is 3.95. The number of methoxy groups -OCH3 is 1. The average molecular weight is 351 g/mol. The van der Waals surface area contributed by atoms with Gasteiger partial charge in [-0.05, 0) is 30.5 Å². The van der Waals surface area contributed by atoms with Crippen LogP contribution in [0.1, 0.15) is 34.5 Å². The molecule has 3 rings (SSSR count). The highest BCUT2D eigenvalue weighted by molar-refractivity contribution is 5.86. The molecule has 1 aromatic heterocycles. The molecular formula is C17H16F3N3O2. The van der Waals surface area contributed by atoms with Crippen LogP contribution in [-0.2, 0) is 17.5 Å². The number of hydrogen-bond acceptors (Lipinski definition) is 5. The molecule has 1 aliphatic rings. The van der Waals surface area contributed by atoms with Crippen LogP contribution in [0.3, 0.4) is 0 Å². The smallest absolute Gasteiger partial charge is 0.416 e. The number of hydrogen-bond donors (Lipinski definition) is 0. The standard InChI is InChI=1S/C17H16F3N3O2/c1-25-16(24)14-8-22-15(9-21-14)23(13-6-7-13)10-11-2-4-12(5-3-11)17(18,19)20/h2-5,8-9,13H,6-7,10H2,1H3. The second-order valence-corrected chi connectivity index (χ2v) is 5.81. The topological polar surface area (TPSA) is 55.3 Å². The molecule has 0 N–H and O–H groups in total. The van der Waals surface area contributed by atoms with E-state index in [1.807, 2.05) is 4.90 Å². The van der Waals surface area contributed by atoms with Crippen molar-refractivity contribution in [2.75, 3.05) is 12.0 Å². The average Bonchev–Trinajstić information content (AvgIpc) is 3.44. The monoisotopic (exact) mass is 351 g/mol. The first-order chi connectivity index (χ1) is 11.9. The minimum atomic E-state index is -4.34. The summed E-state index contributed by atoms with van der Waals surface area (Å²) < 4.78 is 42.5. The number of halogens is 3. The van der Waals surface area contributed by atoms with Crippen molar-refractivity contribution in [2.24, 2.45) is 0 Å². The molecule has 1 aliphatic carbocycles. The van der Waals surface area contributed by atoms with Crippen molar-refractivity contribution in [3.05, 3.63) is 53.5 Å². The second kappa shape index (κ2) is 6.70. The molecule has 1 aromatic carbocycles. The lowest BCUT2D eigenvalue weighted by atomic mass is 10.1. The van der Waals surface area contributed by atoms with Gasteiger partial charge in [-0.3, -0.25) is 0 Å². The Hall–Kier alpha value is -2.64. The zero-order chi connectivity index (χ0) is 18.0. The SMILES string of the molecule is COC(=O)c1cnc(N(Cc2ccc(C(F)(F)F)cc2)C2CC2)cn1. The molecule has 8 heteroatoms. The van der Waals surface area contributed by atoms with Gasteiger partial charge in [0.15, 0.2) is 5.69 Å². The van der Waals surface area contributed by atoms with Crippen LogP contribution in [0.15, 0.2) is 36.7 Å². The fourth-order valence-corrected chi connectivity index (χ4v) is 2.46. The van der Waals surface area contributed by atoms with E-state index < -0.39 is 17.7 Å². The summed E-state index contributed by atoms with van der Waals surface area (Å²) >= 11 is 0. The maximum atomic E-state index is 12.7. The Bertz CT molecular complexity index is 741. The van der Waals surface area contributed by atoms with Crippen LogP contribution >= 0.6 is 0 Å². The van der Waals surface area contributed by atoms with E-state index in [1.165, 1.54) is 31.6 Å². The van der Waals surface area contributed by atoms with Crippen molar-refractivity contribution >= 4 is 11.8 Å². The van der Waals surface area contributed by atoms with Gasteiger partial charge < -0.3 is 9.64 Å². The maximum Gasteiger partial charge on any atom is 0.416 e. The number of anilines is 1. The third kappa shape index (κ3) is 4.07. The zero-order valence-corrected chi connectivity index (χ0v) is 13.5. The van der Waals surface area contributed by atoms with Gasteiger partial charge in [-0.15, -0.1) is 0 Å². The molecule has 5 nitrogen and oxygen atoms in total. The first kappa shape index (κ1) is 17.2. The molecule has 0 bridgehead atoms. The molecule has 1 saturated carbocycles. The summed E-state index contributed by atoms with van der Waals surface area (Å²) in [6.45, 7) is 0.426. The summed E-state index contributed by atoms with van der Waals surface area (Å²) in [4.78, 5) is 21.7. The molecule has 25 heavy (non-hydrogen) atoms. The van der Waals surface area contributed by atoms with E-state index in [1.54, 1.807) is 0 Å². The Kier molecular flexibility index (Phi) is 4.61. The van der Waals surface area contributed by atoms with Gasteiger partial charge in [0.25, 0.3) is 0 Å². The molecule has 0 unspecified atom stereocenters. The summed E-state index contributed by atoms with van der Waals surface area (Å²) in [6.07, 6.45) is 0.448. The van der Waals surface area contributed by atoms with Crippen molar-refractivity contribution in [1.82, 2.24) is 9.97 Å². The van der Waals surface area contributed by atoms with Crippen LogP contribution in [-0.4, -0.2) is 29.1 Å². The molecule has 0 spiro atoms. The van der Waals surface area contributed by atoms with E-state index in [-0.39, 0.29) is 11.7 Å². The van der Waals surface area contributed by atoms with Gasteiger partial charge in [0.2, 0.25) is 0 Å². The number of carbonyl (C=O) groups is 1. The van der Waals surface area contributed by atoms with E-state index in [0.29, 0.717) is 12.4 Å². The number of benzene rings is 1. The van der Waals surface area contributed by atoms with Gasteiger partial charge in [-0.1, -0.05) is 12.1 Å². The van der Waals surface area contributed by atoms with Gasteiger partial charge in [-0.25, -0.2) is 14.8 Å². The van der Waals surface area contributed by atoms with Crippen LogP contribution in [0, 0.1) is 0 Å². The molecule has 0 aliphatic heterocycles. The number of esters is 1. The lowest BCUT2D eigenvalue weighted by molar-refractivity contribution is -0.137. The minimum absolute atomic E-state index is 0.108. The molecule has 0 radical (unpaired) electrons. The number of alkyl halides is 3. The summed E-state index contributed by atoms with van der Waals surface area (Å²) in [5, 5.41) is 0. The number of ether oxygens (including phenoxy) is 1. The fraction of sp³-hybridized carbons (Fsp3) is 0.353. The molecule has 2 aromatic rings. The van der Waals surface area contributed by atoms with Crippen molar-refractivity contribution in [3.63, 3.8) is 0 Å². The van der Waals surface area contributed by atoms with E-state index in [4.69, 9.17) is 0 Å². The molecule has 132 valence electrons. The summed E-state index contributed by atoms with van der Waals surface area (Å²) in [5.74, 6) is 0.00909. The normalized spacial score (nSPS) is 14.2. The van der Waals surface area contributed by atoms with Gasteiger partial charge in [-0.2, -0.15) is 13.2 Å². The maximum absolute atomic E-state index is 12.7. The molecule has 1 fully saturated rings. The predicted molar refractivity (Wildman–Crippen MR) is 84.0 cm³/mol. The Morgan fingerprint density at radius 2 is 1.88 bits per heavy atom. The molecular weight excluding hydrogens is 335 g/mol. The highest BCUT2D eigenvalue weighted by Crippen LogP contribution is 2.33. The highest BCUT2D eigenvalue weighted by atomic mass is 19.4. The van der Waals surface area contributed by atoms with Gasteiger partial charge in [0.05, 0.1) is 25.1 Å². The summed E-state index contributed by atoms with van der Waals surface area (Å²) in [5.41, 5.74) is 0.187. The van der Waals surface area contributed by atoms with E-state index in [9.17, 15) is 18.0 Å². The van der Waals surface area contributed by atoms with Crippen LogP contribution in [0.2, 0.25) is 0 Å². The Balaban J connectivity index is 1.77. The lowest BCUT2D eigenvalue weighted by Gasteiger charge is -2.23.